The fraction of sp³-hybridized carbons (Fsp3) is 0.647. The van der Waals surface area contributed by atoms with Gasteiger partial charge in [-0.25, -0.2) is 0 Å². The first-order chi connectivity index (χ1) is 18.2. The molecule has 38 heavy (non-hydrogen) atoms. The van der Waals surface area contributed by atoms with Crippen molar-refractivity contribution in [2.75, 3.05) is 0 Å². The van der Waals surface area contributed by atoms with E-state index in [1.807, 2.05) is 0 Å². The van der Waals surface area contributed by atoms with Crippen molar-refractivity contribution in [1.82, 2.24) is 0 Å². The molecule has 4 heteroatoms. The van der Waals surface area contributed by atoms with E-state index in [-0.39, 0.29) is 18.3 Å². The van der Waals surface area contributed by atoms with Crippen LogP contribution in [0.25, 0.3) is 11.1 Å². The quantitative estimate of drug-likeness (QED) is 0.145. The maximum absolute atomic E-state index is 6.43. The summed E-state index contributed by atoms with van der Waals surface area (Å²) in [7, 11) is -0.315. The summed E-state index contributed by atoms with van der Waals surface area (Å²) in [6, 6.07) is 13.8. The average molecular weight is 584 g/mol. The van der Waals surface area contributed by atoms with Crippen LogP contribution in [-0.2, 0) is 22.2 Å². The third-order valence-electron chi connectivity index (χ3n) is 8.61. The molecule has 0 atom stereocenters. The van der Waals surface area contributed by atoms with Crippen LogP contribution in [0.15, 0.2) is 40.9 Å². The molecule has 2 aromatic rings. The van der Waals surface area contributed by atoms with Crippen LogP contribution in [0, 0.1) is 0 Å². The summed E-state index contributed by atoms with van der Waals surface area (Å²) in [6.45, 7) is 13.1. The second kappa shape index (κ2) is 15.1. The summed E-state index contributed by atoms with van der Waals surface area (Å²) in [5, 5.41) is 0. The molecule has 0 saturated carbocycles. The first-order valence-electron chi connectivity index (χ1n) is 15.5. The summed E-state index contributed by atoms with van der Waals surface area (Å²) >= 11 is 3.75. The minimum absolute atomic E-state index is 0.315. The Balaban J connectivity index is 1.84. The monoisotopic (exact) mass is 582 g/mol. The third kappa shape index (κ3) is 8.70. The molecular formula is C34H52BBrO2. The zero-order valence-electron chi connectivity index (χ0n) is 25.1. The predicted molar refractivity (Wildman–Crippen MR) is 169 cm³/mol. The average Bonchev–Trinajstić information content (AvgIpc) is 3.10. The lowest BCUT2D eigenvalue weighted by atomic mass is 9.76. The number of rotatable bonds is 16. The van der Waals surface area contributed by atoms with Gasteiger partial charge in [0.05, 0.1) is 11.2 Å². The molecule has 3 rings (SSSR count). The molecule has 0 bridgehead atoms. The van der Waals surface area contributed by atoms with Gasteiger partial charge in [-0.05, 0) is 93.2 Å². The van der Waals surface area contributed by atoms with E-state index in [1.165, 1.54) is 104 Å². The molecule has 210 valence electrons. The van der Waals surface area contributed by atoms with Crippen molar-refractivity contribution in [1.29, 1.82) is 0 Å². The molecule has 0 unspecified atom stereocenters. The molecule has 0 aliphatic carbocycles. The van der Waals surface area contributed by atoms with Gasteiger partial charge in [-0.1, -0.05) is 118 Å². The summed E-state index contributed by atoms with van der Waals surface area (Å²) in [6.07, 6.45) is 18.0. The van der Waals surface area contributed by atoms with E-state index in [9.17, 15) is 0 Å². The standard InChI is InChI=1S/C34H52BBrO2/c1-7-9-11-13-15-17-19-27-25-29(35-37-33(3,4)34(5,6)38-35)21-23-31(27)32-24-22-30(36)26-28(32)20-18-16-14-12-10-8-2/h21-26H,7-20H2,1-6H3. The molecule has 1 fully saturated rings. The van der Waals surface area contributed by atoms with Gasteiger partial charge in [-0.2, -0.15) is 0 Å². The highest BCUT2D eigenvalue weighted by molar-refractivity contribution is 9.10. The van der Waals surface area contributed by atoms with E-state index in [4.69, 9.17) is 9.31 Å². The van der Waals surface area contributed by atoms with Crippen molar-refractivity contribution >= 4 is 28.5 Å². The van der Waals surface area contributed by atoms with Crippen molar-refractivity contribution in [3.63, 3.8) is 0 Å². The molecule has 0 N–H and O–H groups in total. The highest BCUT2D eigenvalue weighted by Crippen LogP contribution is 2.37. The van der Waals surface area contributed by atoms with E-state index in [0.717, 1.165) is 18.3 Å². The van der Waals surface area contributed by atoms with E-state index >= 15 is 0 Å². The maximum atomic E-state index is 6.43. The van der Waals surface area contributed by atoms with Crippen LogP contribution in [0.5, 0.6) is 0 Å². The van der Waals surface area contributed by atoms with Crippen molar-refractivity contribution in [3.05, 3.63) is 52.0 Å². The fourth-order valence-electron chi connectivity index (χ4n) is 5.43. The van der Waals surface area contributed by atoms with Crippen molar-refractivity contribution in [2.24, 2.45) is 0 Å². The Morgan fingerprint density at radius 1 is 0.605 bits per heavy atom. The second-order valence-corrected chi connectivity index (χ2v) is 13.3. The van der Waals surface area contributed by atoms with Gasteiger partial charge in [0.25, 0.3) is 0 Å². The van der Waals surface area contributed by atoms with Crippen LogP contribution in [-0.4, -0.2) is 18.3 Å². The van der Waals surface area contributed by atoms with E-state index in [2.05, 4.69) is 93.9 Å². The molecule has 0 amide bonds. The smallest absolute Gasteiger partial charge is 0.399 e. The second-order valence-electron chi connectivity index (χ2n) is 12.3. The summed E-state index contributed by atoms with van der Waals surface area (Å²) in [5.41, 5.74) is 6.15. The van der Waals surface area contributed by atoms with Gasteiger partial charge in [-0.3, -0.25) is 0 Å². The lowest BCUT2D eigenvalue weighted by Crippen LogP contribution is -2.41. The van der Waals surface area contributed by atoms with Crippen molar-refractivity contribution in [3.8, 4) is 11.1 Å². The van der Waals surface area contributed by atoms with E-state index < -0.39 is 0 Å². The van der Waals surface area contributed by atoms with Crippen LogP contribution >= 0.6 is 15.9 Å². The normalized spacial score (nSPS) is 16.3. The van der Waals surface area contributed by atoms with Gasteiger partial charge < -0.3 is 9.31 Å². The maximum Gasteiger partial charge on any atom is 0.494 e. The molecule has 1 aliphatic rings. The Bertz CT molecular complexity index is 984. The molecule has 2 aromatic carbocycles. The SMILES string of the molecule is CCCCCCCCc1cc(Br)ccc1-c1ccc(B2OC(C)(C)C(C)(C)O2)cc1CCCCCCCC. The number of unbranched alkanes of at least 4 members (excludes halogenated alkanes) is 10. The third-order valence-corrected chi connectivity index (χ3v) is 9.10. The molecule has 1 aliphatic heterocycles. The number of aryl methyl sites for hydroxylation is 2. The van der Waals surface area contributed by atoms with Gasteiger partial charge in [0.15, 0.2) is 0 Å². The minimum Gasteiger partial charge on any atom is -0.399 e. The van der Waals surface area contributed by atoms with Gasteiger partial charge in [0, 0.05) is 4.47 Å². The van der Waals surface area contributed by atoms with E-state index in [0.29, 0.717) is 0 Å². The van der Waals surface area contributed by atoms with Crippen LogP contribution < -0.4 is 5.46 Å². The summed E-state index contributed by atoms with van der Waals surface area (Å²) < 4.78 is 14.0. The minimum atomic E-state index is -0.328. The Morgan fingerprint density at radius 3 is 1.58 bits per heavy atom. The predicted octanol–water partition coefficient (Wildman–Crippen LogP) is 10.2. The van der Waals surface area contributed by atoms with Gasteiger partial charge in [-0.15, -0.1) is 0 Å². The molecule has 0 spiro atoms. The highest BCUT2D eigenvalue weighted by atomic mass is 79.9. The van der Waals surface area contributed by atoms with Crippen LogP contribution in [0.3, 0.4) is 0 Å². The van der Waals surface area contributed by atoms with Gasteiger partial charge >= 0.3 is 7.12 Å². The Morgan fingerprint density at radius 2 is 1.05 bits per heavy atom. The Labute approximate surface area is 242 Å². The number of hydrogen-bond donors (Lipinski definition) is 0. The first kappa shape index (κ1) is 31.4. The molecule has 0 radical (unpaired) electrons. The molecule has 1 heterocycles. The number of halogens is 1. The first-order valence-corrected chi connectivity index (χ1v) is 16.2. The lowest BCUT2D eigenvalue weighted by Gasteiger charge is -2.32. The molecule has 1 saturated heterocycles. The van der Waals surface area contributed by atoms with E-state index in [1.54, 1.807) is 0 Å². The molecule has 0 aromatic heterocycles. The molecular weight excluding hydrogens is 531 g/mol. The number of benzene rings is 2. The summed E-state index contributed by atoms with van der Waals surface area (Å²) in [5.74, 6) is 0. The van der Waals surface area contributed by atoms with Crippen LogP contribution in [0.1, 0.15) is 130 Å². The number of hydrogen-bond acceptors (Lipinski definition) is 2. The highest BCUT2D eigenvalue weighted by Gasteiger charge is 2.51. The lowest BCUT2D eigenvalue weighted by molar-refractivity contribution is 0.00578. The summed E-state index contributed by atoms with van der Waals surface area (Å²) in [4.78, 5) is 0. The van der Waals surface area contributed by atoms with Crippen molar-refractivity contribution < 1.29 is 9.31 Å². The molecule has 2 nitrogen and oxygen atoms in total. The zero-order valence-corrected chi connectivity index (χ0v) is 26.7. The Hall–Kier alpha value is -1.10. The van der Waals surface area contributed by atoms with Gasteiger partial charge in [0.2, 0.25) is 0 Å². The van der Waals surface area contributed by atoms with Crippen LogP contribution in [0.2, 0.25) is 0 Å². The van der Waals surface area contributed by atoms with Gasteiger partial charge in [0.1, 0.15) is 0 Å². The Kier molecular flexibility index (Phi) is 12.5. The largest absolute Gasteiger partial charge is 0.494 e. The zero-order chi connectivity index (χ0) is 27.6. The fourth-order valence-corrected chi connectivity index (χ4v) is 5.84. The van der Waals surface area contributed by atoms with Crippen molar-refractivity contribution in [2.45, 2.75) is 143 Å². The van der Waals surface area contributed by atoms with Crippen LogP contribution in [0.4, 0.5) is 0 Å². The topological polar surface area (TPSA) is 18.5 Å².